The van der Waals surface area contributed by atoms with E-state index in [4.69, 9.17) is 9.47 Å². The van der Waals surface area contributed by atoms with E-state index in [1.54, 1.807) is 40.1 Å². The lowest BCUT2D eigenvalue weighted by Crippen LogP contribution is -2.50. The fourth-order valence-electron chi connectivity index (χ4n) is 14.1. The minimum atomic E-state index is -1.45. The number of pyridine rings is 3. The van der Waals surface area contributed by atoms with Crippen LogP contribution in [0.5, 0.6) is 17.2 Å². The van der Waals surface area contributed by atoms with Crippen LogP contribution in [0.2, 0.25) is 0 Å². The van der Waals surface area contributed by atoms with E-state index in [-0.39, 0.29) is 108 Å². The topological polar surface area (TPSA) is 257 Å². The summed E-state index contributed by atoms with van der Waals surface area (Å²) in [6.07, 6.45) is 3.92. The zero-order chi connectivity index (χ0) is 73.3. The van der Waals surface area contributed by atoms with Gasteiger partial charge in [-0.2, -0.15) is 0 Å². The number of carbonyl (C=O) groups is 6. The largest absolute Gasteiger partial charge is 0.503 e. The van der Waals surface area contributed by atoms with E-state index in [9.17, 15) is 58.5 Å². The van der Waals surface area contributed by atoms with Gasteiger partial charge in [-0.1, -0.05) is 243 Å². The summed E-state index contributed by atoms with van der Waals surface area (Å²) < 4.78 is 16.5. The zero-order valence-electron chi connectivity index (χ0n) is 57.3. The molecule has 3 aliphatic rings. The predicted molar refractivity (Wildman–Crippen MR) is 391 cm³/mol. The highest BCUT2D eigenvalue weighted by molar-refractivity contribution is 6.00. The van der Waals surface area contributed by atoms with Crippen molar-refractivity contribution in [3.05, 3.63) is 370 Å². The molecule has 0 fully saturated rings. The number of aromatic carboxylic acids is 2. The molecule has 14 rings (SSSR count). The molecule has 104 heavy (non-hydrogen) atoms. The molecule has 0 unspecified atom stereocenters. The van der Waals surface area contributed by atoms with Gasteiger partial charge in [0.05, 0.1) is 23.7 Å². The van der Waals surface area contributed by atoms with Crippen LogP contribution in [0.4, 0.5) is 0 Å². The normalized spacial score (nSPS) is 15.2. The maximum Gasteiger partial charge on any atom is 0.341 e. The van der Waals surface area contributed by atoms with Crippen LogP contribution in [-0.4, -0.2) is 118 Å². The lowest BCUT2D eigenvalue weighted by Gasteiger charge is -2.40. The first kappa shape index (κ1) is 70.9. The summed E-state index contributed by atoms with van der Waals surface area (Å²) in [6.45, 7) is 2.41. The second-order valence-corrected chi connectivity index (χ2v) is 25.7. The van der Waals surface area contributed by atoms with Crippen LogP contribution in [0.3, 0.4) is 0 Å². The summed E-state index contributed by atoms with van der Waals surface area (Å²) in [5.74, 6) is -6.06. The molecular weight excluding hydrogens is 1320 g/mol. The van der Waals surface area contributed by atoms with E-state index in [1.807, 2.05) is 218 Å². The molecule has 6 heterocycles. The van der Waals surface area contributed by atoms with E-state index in [1.165, 1.54) is 28.8 Å². The molecule has 3 aromatic heterocycles. The number of amides is 3. The Hall–Kier alpha value is -13.0. The number of likely N-dealkylation sites (N-methyl/N-ethyl adjacent to an activating group) is 3. The fourth-order valence-corrected chi connectivity index (χ4v) is 14.1. The van der Waals surface area contributed by atoms with Gasteiger partial charge in [0.1, 0.15) is 24.3 Å². The zero-order valence-corrected chi connectivity index (χ0v) is 57.3. The average molecular weight is 1390 g/mol. The van der Waals surface area contributed by atoms with Crippen LogP contribution in [0.15, 0.2) is 276 Å². The summed E-state index contributed by atoms with van der Waals surface area (Å²) in [7, 11) is 5.11. The minimum Gasteiger partial charge on any atom is -0.503 e. The van der Waals surface area contributed by atoms with Crippen molar-refractivity contribution in [3.63, 3.8) is 0 Å². The second kappa shape index (κ2) is 31.3. The molecular formula is C84H74N6O14. The van der Waals surface area contributed by atoms with Crippen molar-refractivity contribution < 1.29 is 53.6 Å². The molecule has 20 nitrogen and oxygen atoms in total. The third kappa shape index (κ3) is 14.6. The first-order valence-electron chi connectivity index (χ1n) is 33.7. The van der Waals surface area contributed by atoms with Gasteiger partial charge < -0.3 is 53.2 Å². The van der Waals surface area contributed by atoms with E-state index in [0.29, 0.717) is 6.54 Å². The molecule has 0 radical (unpaired) electrons. The lowest BCUT2D eigenvalue weighted by atomic mass is 9.83. The number of Topliss-reactive ketones (excluding diaryl/α,β-unsaturated/α-hetero) is 1. The summed E-state index contributed by atoms with van der Waals surface area (Å²) in [6, 6.07) is 77.1. The number of nitrogens with zero attached hydrogens (tertiary/aromatic N) is 6. The van der Waals surface area contributed by atoms with Crippen LogP contribution in [0.1, 0.15) is 132 Å². The summed E-state index contributed by atoms with van der Waals surface area (Å²) in [4.78, 5) is 120. The Morgan fingerprint density at radius 3 is 0.885 bits per heavy atom. The number of carboxylic acid groups (broad SMARTS) is 2. The third-order valence-electron chi connectivity index (χ3n) is 19.3. The van der Waals surface area contributed by atoms with E-state index in [0.717, 1.165) is 50.7 Å². The van der Waals surface area contributed by atoms with Crippen molar-refractivity contribution in [2.75, 3.05) is 21.1 Å². The van der Waals surface area contributed by atoms with Crippen molar-refractivity contribution in [2.24, 2.45) is 0 Å². The van der Waals surface area contributed by atoms with Crippen LogP contribution in [-0.2, 0) is 32.8 Å². The molecule has 0 saturated heterocycles. The van der Waals surface area contributed by atoms with E-state index in [2.05, 4.69) is 24.3 Å². The van der Waals surface area contributed by atoms with E-state index < -0.39 is 56.9 Å². The smallest absolute Gasteiger partial charge is 0.341 e. The fraction of sp³-hybridized carbons (Fsp3) is 0.179. The standard InChI is InChI=1S/C31H28N2O4.C30H26N2O5.C23H20N2O5/c1-21(34)25-18-33-19-26(27(23-14-8-4-9-15-23)24-16-10-5-11-17-24)32(2)31(36)28(33)30(29(25)35)37-20-22-12-6-3-7-13-22;1-31-24(25(21-13-7-3-8-14-21)22-15-9-4-10-16-22)18-32-17-23(30(35)36)27(33)28(26(32)29(31)34)37-19-20-11-5-2-6-12-20;1-24-17(18(14-8-4-2-5-9-14)15-10-6-3-7-11-15)13-25-12-16(23(29)30)20(26)21(27)19(25)22(24)28/h3-18,26-27H,19-20H2,1-2H3;2-17,24-25H,18-19H2,1H3,(H,35,36);2-12,17-18,27H,13H2,1H3,(H,29,30)/t26-;24-;17-/m000/s1. The predicted octanol–water partition coefficient (Wildman–Crippen LogP) is 11.9. The van der Waals surface area contributed by atoms with Crippen molar-refractivity contribution in [1.29, 1.82) is 0 Å². The Morgan fingerprint density at radius 1 is 0.365 bits per heavy atom. The molecule has 0 aliphatic carbocycles. The van der Waals surface area contributed by atoms with Crippen LogP contribution < -0.4 is 25.8 Å². The number of hydrogen-bond acceptors (Lipinski definition) is 12. The molecule has 11 aromatic rings. The highest BCUT2D eigenvalue weighted by Gasteiger charge is 2.43. The summed E-state index contributed by atoms with van der Waals surface area (Å²) in [5, 5.41) is 29.4. The van der Waals surface area contributed by atoms with Crippen LogP contribution >= 0.6 is 0 Å². The molecule has 3 atom stereocenters. The van der Waals surface area contributed by atoms with Crippen molar-refractivity contribution >= 4 is 35.4 Å². The molecule has 3 amide bonds. The molecule has 8 aromatic carbocycles. The Bertz CT molecular complexity index is 4810. The van der Waals surface area contributed by atoms with Gasteiger partial charge in [-0.05, 0) is 51.4 Å². The summed E-state index contributed by atoms with van der Waals surface area (Å²) >= 11 is 0. The molecule has 0 spiro atoms. The number of hydrogen-bond donors (Lipinski definition) is 3. The quantitative estimate of drug-likeness (QED) is 0.0675. The molecule has 0 bridgehead atoms. The average Bonchev–Trinajstić information content (AvgIpc) is 0.739. The number of carbonyl (C=O) groups excluding carboxylic acids is 4. The molecule has 0 saturated carbocycles. The number of ether oxygens (including phenoxy) is 2. The SMILES string of the molecule is CC(=O)c1cn2c(c(OCc3ccccc3)c1=O)C(=O)N(C)[C@H](C(c1ccccc1)c1ccccc1)C2.CN1C(=O)c2c(O)c(=O)c(C(=O)O)cn2C[C@H]1C(c1ccccc1)c1ccccc1.CN1C(=O)c2c(OCc3ccccc3)c(=O)c(C(=O)O)cn2C[C@H]1C(c1ccccc1)c1ccccc1. The Labute approximate surface area is 598 Å². The number of ketones is 1. The molecule has 3 aliphatic heterocycles. The van der Waals surface area contributed by atoms with Gasteiger partial charge in [0.25, 0.3) is 17.7 Å². The van der Waals surface area contributed by atoms with Gasteiger partial charge >= 0.3 is 11.9 Å². The molecule has 20 heteroatoms. The molecule has 524 valence electrons. The number of aromatic nitrogens is 3. The van der Waals surface area contributed by atoms with Crippen molar-refractivity contribution in [2.45, 2.75) is 75.7 Å². The Balaban J connectivity index is 0.000000148. The van der Waals surface area contributed by atoms with Gasteiger partial charge in [0.15, 0.2) is 40.1 Å². The van der Waals surface area contributed by atoms with Crippen molar-refractivity contribution in [3.8, 4) is 17.2 Å². The second-order valence-electron chi connectivity index (χ2n) is 25.7. The minimum absolute atomic E-state index is 0.0129. The first-order valence-corrected chi connectivity index (χ1v) is 33.7. The Kier molecular flexibility index (Phi) is 21.3. The number of fused-ring (bicyclic) bond motifs is 3. The number of aromatic hydroxyl groups is 1. The maximum atomic E-state index is 13.9. The van der Waals surface area contributed by atoms with Gasteiger partial charge in [0, 0.05) is 77.1 Å². The van der Waals surface area contributed by atoms with Gasteiger partial charge in [0.2, 0.25) is 16.3 Å². The van der Waals surface area contributed by atoms with Crippen LogP contribution in [0, 0.1) is 0 Å². The van der Waals surface area contributed by atoms with Gasteiger partial charge in [-0.25, -0.2) is 9.59 Å². The maximum absolute atomic E-state index is 13.9. The number of carboxylic acids is 2. The first-order chi connectivity index (χ1) is 50.3. The number of rotatable bonds is 18. The monoisotopic (exact) mass is 1390 g/mol. The van der Waals surface area contributed by atoms with E-state index >= 15 is 0 Å². The highest BCUT2D eigenvalue weighted by atomic mass is 16.5. The van der Waals surface area contributed by atoms with Crippen molar-refractivity contribution in [1.82, 2.24) is 28.4 Å². The lowest BCUT2D eigenvalue weighted by molar-refractivity contribution is 0.0613. The van der Waals surface area contributed by atoms with Gasteiger partial charge in [-0.15, -0.1) is 0 Å². The van der Waals surface area contributed by atoms with Crippen LogP contribution in [0.25, 0.3) is 0 Å². The highest BCUT2D eigenvalue weighted by Crippen LogP contribution is 2.40. The number of benzene rings is 8. The summed E-state index contributed by atoms with van der Waals surface area (Å²) in [5.41, 5.74) is 4.50. The van der Waals surface area contributed by atoms with Gasteiger partial charge in [-0.3, -0.25) is 33.6 Å². The Morgan fingerprint density at radius 2 is 0.606 bits per heavy atom. The molecule has 3 N–H and O–H groups in total. The third-order valence-corrected chi connectivity index (χ3v) is 19.3.